The first-order valence-corrected chi connectivity index (χ1v) is 8.62. The van der Waals surface area contributed by atoms with Crippen molar-refractivity contribution in [2.75, 3.05) is 43.9 Å². The van der Waals surface area contributed by atoms with E-state index in [0.717, 1.165) is 48.3 Å². The van der Waals surface area contributed by atoms with Crippen LogP contribution in [0.25, 0.3) is 22.2 Å². The molecule has 1 aromatic heterocycles. The highest BCUT2D eigenvalue weighted by Gasteiger charge is 2.16. The molecule has 3 aromatic rings. The summed E-state index contributed by atoms with van der Waals surface area (Å²) in [6, 6.07) is 13.3. The molecule has 0 atom stereocenters. The van der Waals surface area contributed by atoms with Gasteiger partial charge in [-0.15, -0.1) is 0 Å². The van der Waals surface area contributed by atoms with Crippen molar-refractivity contribution in [2.45, 2.75) is 0 Å². The SMILES string of the molecule is CN1CCN(c2ccc3cc(-c4ccc(N)c([N+](=O)[O-])c4)[nH]c3c2)CC1. The van der Waals surface area contributed by atoms with Crippen LogP contribution in [-0.4, -0.2) is 48.0 Å². The van der Waals surface area contributed by atoms with Gasteiger partial charge in [-0.1, -0.05) is 12.1 Å². The van der Waals surface area contributed by atoms with Crippen LogP contribution in [0, 0.1) is 10.1 Å². The minimum Gasteiger partial charge on any atom is -0.393 e. The van der Waals surface area contributed by atoms with Crippen LogP contribution in [0.2, 0.25) is 0 Å². The fraction of sp³-hybridized carbons (Fsp3) is 0.263. The Morgan fingerprint density at radius 1 is 1.08 bits per heavy atom. The molecule has 2 heterocycles. The van der Waals surface area contributed by atoms with E-state index in [0.29, 0.717) is 0 Å². The number of rotatable bonds is 3. The van der Waals surface area contributed by atoms with E-state index in [4.69, 9.17) is 5.73 Å². The lowest BCUT2D eigenvalue weighted by atomic mass is 10.1. The molecule has 0 saturated carbocycles. The lowest BCUT2D eigenvalue weighted by molar-refractivity contribution is -0.383. The Morgan fingerprint density at radius 3 is 2.58 bits per heavy atom. The van der Waals surface area contributed by atoms with E-state index in [-0.39, 0.29) is 11.4 Å². The average molecular weight is 351 g/mol. The second-order valence-electron chi connectivity index (χ2n) is 6.78. The molecule has 0 radical (unpaired) electrons. The number of benzene rings is 2. The summed E-state index contributed by atoms with van der Waals surface area (Å²) in [5, 5.41) is 12.2. The van der Waals surface area contributed by atoms with Crippen molar-refractivity contribution in [3.8, 4) is 11.3 Å². The number of nitrogens with zero attached hydrogens (tertiary/aromatic N) is 3. The molecular formula is C19H21N5O2. The van der Waals surface area contributed by atoms with Crippen molar-refractivity contribution in [3.63, 3.8) is 0 Å². The van der Waals surface area contributed by atoms with Crippen LogP contribution in [0.5, 0.6) is 0 Å². The Hall–Kier alpha value is -3.06. The molecule has 7 heteroatoms. The zero-order chi connectivity index (χ0) is 18.3. The van der Waals surface area contributed by atoms with Gasteiger partial charge in [0.25, 0.3) is 5.69 Å². The van der Waals surface area contributed by atoms with E-state index in [9.17, 15) is 10.1 Å². The summed E-state index contributed by atoms with van der Waals surface area (Å²) in [6.45, 7) is 4.14. The monoisotopic (exact) mass is 351 g/mol. The molecule has 1 fully saturated rings. The van der Waals surface area contributed by atoms with E-state index < -0.39 is 4.92 Å². The molecule has 1 aliphatic rings. The zero-order valence-corrected chi connectivity index (χ0v) is 14.6. The van der Waals surface area contributed by atoms with Gasteiger partial charge in [0.1, 0.15) is 5.69 Å². The Morgan fingerprint density at radius 2 is 1.85 bits per heavy atom. The van der Waals surface area contributed by atoms with Crippen molar-refractivity contribution in [1.82, 2.24) is 9.88 Å². The quantitative estimate of drug-likeness (QED) is 0.430. The first-order chi connectivity index (χ1) is 12.5. The van der Waals surface area contributed by atoms with Gasteiger partial charge in [-0.3, -0.25) is 10.1 Å². The topological polar surface area (TPSA) is 91.4 Å². The number of nitrogens with two attached hydrogens (primary N) is 1. The van der Waals surface area contributed by atoms with Gasteiger partial charge in [0.05, 0.1) is 4.92 Å². The summed E-state index contributed by atoms with van der Waals surface area (Å²) in [5.41, 5.74) is 9.62. The number of aromatic nitrogens is 1. The fourth-order valence-electron chi connectivity index (χ4n) is 3.40. The van der Waals surface area contributed by atoms with Gasteiger partial charge in [-0.05, 0) is 31.3 Å². The molecule has 1 saturated heterocycles. The Kier molecular flexibility index (Phi) is 4.00. The molecule has 4 rings (SSSR count). The normalized spacial score (nSPS) is 15.5. The minimum atomic E-state index is -0.451. The molecule has 2 aromatic carbocycles. The molecule has 0 amide bonds. The van der Waals surface area contributed by atoms with Crippen LogP contribution in [0.3, 0.4) is 0 Å². The number of anilines is 2. The Bertz CT molecular complexity index is 973. The van der Waals surface area contributed by atoms with Crippen molar-refractivity contribution in [1.29, 1.82) is 0 Å². The first-order valence-electron chi connectivity index (χ1n) is 8.62. The third-order valence-corrected chi connectivity index (χ3v) is 5.01. The molecule has 0 aliphatic carbocycles. The molecule has 0 unspecified atom stereocenters. The number of nitrogens with one attached hydrogen (secondary N) is 1. The zero-order valence-electron chi connectivity index (χ0n) is 14.6. The molecule has 0 spiro atoms. The summed E-state index contributed by atoms with van der Waals surface area (Å²) in [7, 11) is 2.14. The number of H-pyrrole nitrogens is 1. The largest absolute Gasteiger partial charge is 0.393 e. The van der Waals surface area contributed by atoms with Crippen LogP contribution in [0.1, 0.15) is 0 Å². The first kappa shape index (κ1) is 16.4. The number of piperazine rings is 1. The van der Waals surface area contributed by atoms with Crippen molar-refractivity contribution in [2.24, 2.45) is 0 Å². The van der Waals surface area contributed by atoms with E-state index in [2.05, 4.69) is 40.0 Å². The van der Waals surface area contributed by atoms with Gasteiger partial charge in [-0.2, -0.15) is 0 Å². The maximum absolute atomic E-state index is 11.1. The molecule has 7 nitrogen and oxygen atoms in total. The van der Waals surface area contributed by atoms with Gasteiger partial charge in [-0.25, -0.2) is 0 Å². The highest BCUT2D eigenvalue weighted by atomic mass is 16.6. The predicted molar refractivity (Wildman–Crippen MR) is 105 cm³/mol. The second kappa shape index (κ2) is 6.34. The van der Waals surface area contributed by atoms with E-state index in [1.165, 1.54) is 11.8 Å². The van der Waals surface area contributed by atoms with Crippen LogP contribution in [0.4, 0.5) is 17.1 Å². The van der Waals surface area contributed by atoms with Crippen LogP contribution < -0.4 is 10.6 Å². The van der Waals surface area contributed by atoms with E-state index >= 15 is 0 Å². The lowest BCUT2D eigenvalue weighted by Gasteiger charge is -2.34. The van der Waals surface area contributed by atoms with Crippen molar-refractivity contribution in [3.05, 3.63) is 52.6 Å². The number of likely N-dealkylation sites (N-methyl/N-ethyl adjacent to an activating group) is 1. The Labute approximate surface area is 151 Å². The smallest absolute Gasteiger partial charge is 0.292 e. The number of hydrogen-bond donors (Lipinski definition) is 2. The van der Waals surface area contributed by atoms with Crippen LogP contribution >= 0.6 is 0 Å². The average Bonchev–Trinajstić information content (AvgIpc) is 3.05. The number of aromatic amines is 1. The van der Waals surface area contributed by atoms with E-state index in [1.54, 1.807) is 12.1 Å². The highest BCUT2D eigenvalue weighted by Crippen LogP contribution is 2.31. The predicted octanol–water partition coefficient (Wildman–Crippen LogP) is 3.08. The van der Waals surface area contributed by atoms with Crippen LogP contribution in [0.15, 0.2) is 42.5 Å². The molecular weight excluding hydrogens is 330 g/mol. The maximum Gasteiger partial charge on any atom is 0.292 e. The van der Waals surface area contributed by atoms with Crippen molar-refractivity contribution < 1.29 is 4.92 Å². The number of fused-ring (bicyclic) bond motifs is 1. The summed E-state index contributed by atoms with van der Waals surface area (Å²) < 4.78 is 0. The summed E-state index contributed by atoms with van der Waals surface area (Å²) in [4.78, 5) is 18.8. The molecule has 3 N–H and O–H groups in total. The molecule has 134 valence electrons. The fourth-order valence-corrected chi connectivity index (χ4v) is 3.40. The lowest BCUT2D eigenvalue weighted by Crippen LogP contribution is -2.44. The number of hydrogen-bond acceptors (Lipinski definition) is 5. The van der Waals surface area contributed by atoms with Gasteiger partial charge in [0.15, 0.2) is 0 Å². The van der Waals surface area contributed by atoms with Gasteiger partial charge < -0.3 is 20.5 Å². The van der Waals surface area contributed by atoms with E-state index in [1.807, 2.05) is 6.07 Å². The number of nitrogen functional groups attached to an aromatic ring is 1. The minimum absolute atomic E-state index is 0.0701. The van der Waals surface area contributed by atoms with Gasteiger partial charge >= 0.3 is 0 Å². The second-order valence-corrected chi connectivity index (χ2v) is 6.78. The van der Waals surface area contributed by atoms with Gasteiger partial charge in [0.2, 0.25) is 0 Å². The maximum atomic E-state index is 11.1. The molecule has 1 aliphatic heterocycles. The third kappa shape index (κ3) is 2.97. The Balaban J connectivity index is 1.68. The standard InChI is InChI=1S/C19H21N5O2/c1-22-6-8-23(9-7-22)15-4-2-13-10-17(21-18(13)12-15)14-3-5-16(20)19(11-14)24(25)26/h2-5,10-12,21H,6-9,20H2,1H3. The highest BCUT2D eigenvalue weighted by molar-refractivity contribution is 5.89. The number of nitro groups is 1. The summed E-state index contributed by atoms with van der Waals surface area (Å²) in [5.74, 6) is 0. The van der Waals surface area contributed by atoms with Crippen molar-refractivity contribution >= 4 is 28.0 Å². The summed E-state index contributed by atoms with van der Waals surface area (Å²) in [6.07, 6.45) is 0. The van der Waals surface area contributed by atoms with Gasteiger partial charge in [0, 0.05) is 60.1 Å². The number of nitro benzene ring substituents is 1. The molecule has 0 bridgehead atoms. The summed E-state index contributed by atoms with van der Waals surface area (Å²) >= 11 is 0. The molecule has 26 heavy (non-hydrogen) atoms. The van der Waals surface area contributed by atoms with Crippen LogP contribution in [-0.2, 0) is 0 Å². The third-order valence-electron chi connectivity index (χ3n) is 5.01.